The Balaban J connectivity index is 0.000000254. The van der Waals surface area contributed by atoms with Crippen LogP contribution in [-0.2, 0) is 16.3 Å². The normalized spacial score (nSPS) is 11.4. The largest absolute Gasteiger partial charge is 0.744 e. The number of alkyl halides is 3. The smallest absolute Gasteiger partial charge is 0.416 e. The summed E-state index contributed by atoms with van der Waals surface area (Å²) in [6, 6.07) is 8.89. The Hall–Kier alpha value is -1.73. The highest BCUT2D eigenvalue weighted by atomic mass is 127. The van der Waals surface area contributed by atoms with Crippen molar-refractivity contribution in [1.82, 2.24) is 0 Å². The van der Waals surface area contributed by atoms with E-state index in [1.807, 2.05) is 6.07 Å². The molecule has 0 heterocycles. The van der Waals surface area contributed by atoms with Crippen LogP contribution in [0.4, 0.5) is 18.9 Å². The molecule has 2 aromatic carbocycles. The van der Waals surface area contributed by atoms with Gasteiger partial charge in [0.15, 0.2) is 3.57 Å². The minimum atomic E-state index is -4.68. The maximum atomic E-state index is 12.0. The first-order chi connectivity index (χ1) is 10.9. The topological polar surface area (TPSA) is 100 Å². The molecule has 0 saturated heterocycles. The summed E-state index contributed by atoms with van der Waals surface area (Å²) in [5.74, 6) is 0. The molecule has 0 spiro atoms. The van der Waals surface area contributed by atoms with E-state index in [0.717, 1.165) is 3.57 Å². The summed E-state index contributed by atoms with van der Waals surface area (Å²) in [5, 5.41) is 10.2. The SMILES string of the molecule is O=S(=O)([O-])c1ccc(C(F)(F)F)cc1.O=[N+]([O-])c1cccc([IH+])c1. The van der Waals surface area contributed by atoms with Gasteiger partial charge in [-0.3, -0.25) is 10.1 Å². The summed E-state index contributed by atoms with van der Waals surface area (Å²) < 4.78 is 68.0. The average Bonchev–Trinajstić information content (AvgIpc) is 2.46. The molecule has 0 radical (unpaired) electrons. The molecular formula is C13H9F3INO5S. The van der Waals surface area contributed by atoms with E-state index >= 15 is 0 Å². The van der Waals surface area contributed by atoms with Crippen molar-refractivity contribution in [3.05, 3.63) is 67.8 Å². The zero-order valence-electron chi connectivity index (χ0n) is 11.6. The van der Waals surface area contributed by atoms with Crippen molar-refractivity contribution in [3.8, 4) is 0 Å². The first kappa shape index (κ1) is 20.3. The summed E-state index contributed by atoms with van der Waals surface area (Å²) in [6.45, 7) is 0. The lowest BCUT2D eigenvalue weighted by Crippen LogP contribution is -3.34. The predicted molar refractivity (Wildman–Crippen MR) is 72.6 cm³/mol. The van der Waals surface area contributed by atoms with Crippen LogP contribution in [0.25, 0.3) is 0 Å². The molecule has 0 amide bonds. The highest BCUT2D eigenvalue weighted by Crippen LogP contribution is 2.29. The zero-order valence-corrected chi connectivity index (χ0v) is 14.7. The molecule has 0 fully saturated rings. The Morgan fingerprint density at radius 2 is 1.58 bits per heavy atom. The van der Waals surface area contributed by atoms with E-state index in [1.54, 1.807) is 34.7 Å². The maximum Gasteiger partial charge on any atom is 0.416 e. The fourth-order valence-electron chi connectivity index (χ4n) is 1.41. The second-order valence-electron chi connectivity index (χ2n) is 4.23. The van der Waals surface area contributed by atoms with Gasteiger partial charge in [0.2, 0.25) is 0 Å². The van der Waals surface area contributed by atoms with Crippen molar-refractivity contribution in [1.29, 1.82) is 0 Å². The van der Waals surface area contributed by atoms with Crippen molar-refractivity contribution in [2.75, 3.05) is 0 Å². The van der Waals surface area contributed by atoms with Gasteiger partial charge in [-0.1, -0.05) is 6.07 Å². The first-order valence-corrected chi connectivity index (χ1v) is 8.53. The van der Waals surface area contributed by atoms with Gasteiger partial charge in [0.05, 0.1) is 21.4 Å². The number of hydrogen-bond donors (Lipinski definition) is 0. The predicted octanol–water partition coefficient (Wildman–Crippen LogP) is -0.340. The molecule has 0 atom stereocenters. The van der Waals surface area contributed by atoms with Gasteiger partial charge in [0.25, 0.3) is 28.3 Å². The lowest BCUT2D eigenvalue weighted by Gasteiger charge is -2.09. The van der Waals surface area contributed by atoms with Crippen molar-refractivity contribution >= 4 is 15.8 Å². The third kappa shape index (κ3) is 6.41. The van der Waals surface area contributed by atoms with E-state index in [4.69, 9.17) is 0 Å². The molecule has 0 aliphatic rings. The lowest BCUT2D eigenvalue weighted by atomic mass is 10.2. The van der Waals surface area contributed by atoms with E-state index < -0.39 is 31.7 Å². The minimum absolute atomic E-state index is 0.155. The first-order valence-electron chi connectivity index (χ1n) is 5.96. The van der Waals surface area contributed by atoms with Gasteiger partial charge < -0.3 is 4.55 Å². The van der Waals surface area contributed by atoms with Crippen LogP contribution in [0.2, 0.25) is 0 Å². The molecule has 2 aromatic rings. The third-order valence-corrected chi connectivity index (χ3v) is 4.07. The van der Waals surface area contributed by atoms with Crippen molar-refractivity contribution in [2.24, 2.45) is 0 Å². The molecule has 2 rings (SSSR count). The van der Waals surface area contributed by atoms with Gasteiger partial charge in [-0.05, 0) is 30.3 Å². The molecule has 0 aliphatic heterocycles. The highest BCUT2D eigenvalue weighted by Gasteiger charge is 2.30. The molecule has 130 valence electrons. The molecule has 0 N–H and O–H groups in total. The van der Waals surface area contributed by atoms with Gasteiger partial charge in [-0.2, -0.15) is 13.2 Å². The molecule has 6 nitrogen and oxygen atoms in total. The molecule has 0 unspecified atom stereocenters. The van der Waals surface area contributed by atoms with E-state index in [0.29, 0.717) is 24.3 Å². The molecule has 0 saturated carbocycles. The number of nitro benzene ring substituents is 1. The van der Waals surface area contributed by atoms with Crippen LogP contribution in [0.3, 0.4) is 0 Å². The van der Waals surface area contributed by atoms with Crippen LogP contribution >= 0.6 is 0 Å². The highest BCUT2D eigenvalue weighted by molar-refractivity contribution is 7.85. The van der Waals surface area contributed by atoms with Crippen LogP contribution in [0, 0.1) is 13.7 Å². The monoisotopic (exact) mass is 475 g/mol. The number of nitro groups is 1. The van der Waals surface area contributed by atoms with Crippen LogP contribution in [0.5, 0.6) is 0 Å². The number of halogens is 4. The molecule has 24 heavy (non-hydrogen) atoms. The number of nitrogens with zero attached hydrogens (tertiary/aromatic N) is 1. The second kappa shape index (κ2) is 7.90. The summed E-state index contributed by atoms with van der Waals surface area (Å²) in [4.78, 5) is 9.09. The van der Waals surface area contributed by atoms with E-state index in [-0.39, 0.29) is 5.69 Å². The Labute approximate surface area is 148 Å². The fraction of sp³-hybridized carbons (Fsp3) is 0.0769. The van der Waals surface area contributed by atoms with Crippen LogP contribution in [0.1, 0.15) is 5.56 Å². The van der Waals surface area contributed by atoms with Gasteiger partial charge in [0.1, 0.15) is 10.1 Å². The zero-order chi connectivity index (χ0) is 18.5. The number of rotatable bonds is 2. The minimum Gasteiger partial charge on any atom is -0.744 e. The number of non-ortho nitro benzene ring substituents is 1. The maximum absolute atomic E-state index is 12.0. The summed E-state index contributed by atoms with van der Waals surface area (Å²) in [7, 11) is -4.68. The van der Waals surface area contributed by atoms with Gasteiger partial charge in [-0.25, -0.2) is 8.42 Å². The van der Waals surface area contributed by atoms with E-state index in [9.17, 15) is 36.3 Å². The lowest BCUT2D eigenvalue weighted by molar-refractivity contribution is -0.387. The average molecular weight is 475 g/mol. The van der Waals surface area contributed by atoms with Gasteiger partial charge >= 0.3 is 6.18 Å². The van der Waals surface area contributed by atoms with Crippen LogP contribution in [0.15, 0.2) is 53.4 Å². The molecule has 0 aromatic heterocycles. The standard InChI is InChI=1S/C7H5F3O3S.C6H5INO2/c8-7(9,10)5-1-3-6(4-2-5)14(11,12)13;7-5-2-1-3-6(4-5)8(9)10/h1-4H,(H,11,12,13);1-4,7H/q;+1/p-1. The quantitative estimate of drug-likeness (QED) is 0.256. The molecule has 0 bridgehead atoms. The molecule has 0 aliphatic carbocycles. The summed E-state index contributed by atoms with van der Waals surface area (Å²) in [5.41, 5.74) is -0.840. The Morgan fingerprint density at radius 1 is 1.04 bits per heavy atom. The van der Waals surface area contributed by atoms with E-state index in [1.165, 1.54) is 6.07 Å². The van der Waals surface area contributed by atoms with Crippen molar-refractivity contribution in [3.63, 3.8) is 0 Å². The van der Waals surface area contributed by atoms with Gasteiger partial charge in [0, 0.05) is 6.07 Å². The summed E-state index contributed by atoms with van der Waals surface area (Å²) >= 11 is 1.76. The van der Waals surface area contributed by atoms with Crippen molar-refractivity contribution < 1.29 is 53.7 Å². The van der Waals surface area contributed by atoms with Crippen LogP contribution < -0.4 is 22.6 Å². The second-order valence-corrected chi connectivity index (χ2v) is 6.96. The van der Waals surface area contributed by atoms with Crippen molar-refractivity contribution in [2.45, 2.75) is 11.1 Å². The third-order valence-electron chi connectivity index (χ3n) is 2.50. The van der Waals surface area contributed by atoms with Gasteiger partial charge in [-0.15, -0.1) is 0 Å². The van der Waals surface area contributed by atoms with Crippen LogP contribution in [-0.4, -0.2) is 17.9 Å². The Bertz CT molecular complexity index is 822. The fourth-order valence-corrected chi connectivity index (χ4v) is 2.45. The molecule has 11 heteroatoms. The Kier molecular flexibility index (Phi) is 6.68. The number of benzene rings is 2. The Morgan fingerprint density at radius 3 is 1.92 bits per heavy atom. The summed E-state index contributed by atoms with van der Waals surface area (Å²) in [6.07, 6.45) is -4.54. The number of hydrogen-bond acceptors (Lipinski definition) is 5. The molecular weight excluding hydrogens is 466 g/mol. The van der Waals surface area contributed by atoms with E-state index in [2.05, 4.69) is 0 Å².